The average Bonchev–Trinajstić information content (AvgIpc) is 2.96. The van der Waals surface area contributed by atoms with Gasteiger partial charge in [-0.1, -0.05) is 5.21 Å². The zero-order valence-electron chi connectivity index (χ0n) is 9.20. The minimum absolute atomic E-state index is 0.0759. The van der Waals surface area contributed by atoms with Crippen LogP contribution < -0.4 is 5.32 Å². The number of nitrogens with one attached hydrogen (secondary N) is 2. The number of aromatic amines is 1. The van der Waals surface area contributed by atoms with Crippen LogP contribution >= 0.6 is 0 Å². The predicted octanol–water partition coefficient (Wildman–Crippen LogP) is -0.855. The first-order valence-electron chi connectivity index (χ1n) is 5.29. The molecule has 90 valence electrons. The second-order valence-electron chi connectivity index (χ2n) is 3.49. The van der Waals surface area contributed by atoms with Gasteiger partial charge in [-0.05, 0) is 6.42 Å². The Bertz CT molecular complexity index is 436. The maximum absolute atomic E-state index is 11.4. The highest BCUT2D eigenvalue weighted by atomic mass is 16.2. The molecule has 0 saturated heterocycles. The number of amides is 1. The Balaban J connectivity index is 1.60. The molecule has 0 saturated carbocycles. The zero-order chi connectivity index (χ0) is 11.9. The topological polar surface area (TPSA) is 101 Å². The van der Waals surface area contributed by atoms with E-state index in [4.69, 9.17) is 0 Å². The quantitative estimate of drug-likeness (QED) is 0.635. The van der Waals surface area contributed by atoms with Crippen molar-refractivity contribution < 1.29 is 4.79 Å². The maximum atomic E-state index is 11.4. The monoisotopic (exact) mass is 235 g/mol. The minimum Gasteiger partial charge on any atom is -0.354 e. The van der Waals surface area contributed by atoms with Crippen molar-refractivity contribution in [2.45, 2.75) is 19.4 Å². The summed E-state index contributed by atoms with van der Waals surface area (Å²) in [5.74, 6) is 0.753. The van der Waals surface area contributed by atoms with Gasteiger partial charge in [0.15, 0.2) is 0 Å². The molecule has 0 bridgehead atoms. The van der Waals surface area contributed by atoms with Crippen LogP contribution in [-0.4, -0.2) is 42.6 Å². The van der Waals surface area contributed by atoms with Gasteiger partial charge in [0.25, 0.3) is 0 Å². The Morgan fingerprint density at radius 3 is 3.18 bits per heavy atom. The van der Waals surface area contributed by atoms with Crippen LogP contribution in [0.3, 0.4) is 0 Å². The number of carbonyl (C=O) groups is 1. The third-order valence-electron chi connectivity index (χ3n) is 2.15. The predicted molar refractivity (Wildman–Crippen MR) is 57.7 cm³/mol. The summed E-state index contributed by atoms with van der Waals surface area (Å²) in [6.45, 7) is 0.802. The van der Waals surface area contributed by atoms with Crippen LogP contribution in [0.2, 0.25) is 0 Å². The molecule has 0 fully saturated rings. The molecule has 0 aromatic carbocycles. The molecule has 17 heavy (non-hydrogen) atoms. The van der Waals surface area contributed by atoms with Crippen LogP contribution in [0.5, 0.6) is 0 Å². The summed E-state index contributed by atoms with van der Waals surface area (Å²) in [7, 11) is 0. The first-order chi connectivity index (χ1) is 8.34. The second-order valence-corrected chi connectivity index (χ2v) is 3.49. The molecule has 8 nitrogen and oxygen atoms in total. The lowest BCUT2D eigenvalue weighted by Gasteiger charge is -2.03. The molecule has 0 aliphatic rings. The Labute approximate surface area is 97.4 Å². The molecule has 2 N–H and O–H groups in total. The normalized spacial score (nSPS) is 10.4. The molecular weight excluding hydrogens is 222 g/mol. The van der Waals surface area contributed by atoms with Gasteiger partial charge in [-0.15, -0.1) is 5.10 Å². The molecule has 2 rings (SSSR count). The third-order valence-corrected chi connectivity index (χ3v) is 2.15. The van der Waals surface area contributed by atoms with E-state index < -0.39 is 0 Å². The number of aromatic nitrogens is 6. The Hall–Kier alpha value is -2.25. The van der Waals surface area contributed by atoms with E-state index in [1.807, 2.05) is 0 Å². The van der Waals surface area contributed by atoms with Gasteiger partial charge in [0.2, 0.25) is 5.91 Å². The summed E-state index contributed by atoms with van der Waals surface area (Å²) < 4.78 is 1.48. The van der Waals surface area contributed by atoms with E-state index in [0.29, 0.717) is 6.54 Å². The van der Waals surface area contributed by atoms with Crippen molar-refractivity contribution in [1.29, 1.82) is 0 Å². The molecule has 0 radical (unpaired) electrons. The van der Waals surface area contributed by atoms with Crippen molar-refractivity contribution in [2.75, 3.05) is 6.54 Å². The van der Waals surface area contributed by atoms with Crippen molar-refractivity contribution in [1.82, 2.24) is 35.5 Å². The summed E-state index contributed by atoms with van der Waals surface area (Å²) in [4.78, 5) is 15.4. The fraction of sp³-hybridized carbons (Fsp3) is 0.444. The van der Waals surface area contributed by atoms with Crippen molar-refractivity contribution >= 4 is 5.91 Å². The van der Waals surface area contributed by atoms with Crippen molar-refractivity contribution in [2.24, 2.45) is 0 Å². The van der Waals surface area contributed by atoms with E-state index in [-0.39, 0.29) is 12.5 Å². The Morgan fingerprint density at radius 2 is 2.47 bits per heavy atom. The minimum atomic E-state index is -0.0759. The molecule has 0 aliphatic carbocycles. The number of nitrogens with zero attached hydrogens (tertiary/aromatic N) is 5. The molecular formula is C9H13N7O. The lowest BCUT2D eigenvalue weighted by atomic mass is 10.3. The first-order valence-corrected chi connectivity index (χ1v) is 5.29. The van der Waals surface area contributed by atoms with Crippen LogP contribution in [0.25, 0.3) is 0 Å². The highest BCUT2D eigenvalue weighted by Gasteiger charge is 2.02. The van der Waals surface area contributed by atoms with Gasteiger partial charge < -0.3 is 5.32 Å². The van der Waals surface area contributed by atoms with Gasteiger partial charge in [-0.2, -0.15) is 5.10 Å². The van der Waals surface area contributed by atoms with Crippen molar-refractivity contribution in [3.63, 3.8) is 0 Å². The summed E-state index contributed by atoms with van der Waals surface area (Å²) in [6, 6.07) is 0. The zero-order valence-corrected chi connectivity index (χ0v) is 9.20. The summed E-state index contributed by atoms with van der Waals surface area (Å²) in [5, 5.41) is 16.6. The van der Waals surface area contributed by atoms with Crippen molar-refractivity contribution in [3.8, 4) is 0 Å². The lowest BCUT2D eigenvalue weighted by molar-refractivity contribution is -0.121. The van der Waals surface area contributed by atoms with Gasteiger partial charge in [0.05, 0.1) is 6.20 Å². The highest BCUT2D eigenvalue weighted by Crippen LogP contribution is 1.91. The number of hydrogen-bond acceptors (Lipinski definition) is 5. The van der Waals surface area contributed by atoms with E-state index in [0.717, 1.165) is 18.7 Å². The standard InChI is InChI=1S/C9H13N7O/c17-9(6-16-5-4-12-15-16)10-3-1-2-8-11-7-13-14-8/h4-5,7H,1-3,6H2,(H,10,17)(H,11,13,14). The Kier molecular flexibility index (Phi) is 3.79. The molecule has 2 aromatic rings. The third kappa shape index (κ3) is 3.67. The van der Waals surface area contributed by atoms with E-state index in [1.54, 1.807) is 6.20 Å². The van der Waals surface area contributed by atoms with Crippen LogP contribution in [0.1, 0.15) is 12.2 Å². The first kappa shape index (κ1) is 11.2. The maximum Gasteiger partial charge on any atom is 0.241 e. The van der Waals surface area contributed by atoms with Crippen LogP contribution in [0.15, 0.2) is 18.7 Å². The van der Waals surface area contributed by atoms with E-state index in [2.05, 4.69) is 30.8 Å². The van der Waals surface area contributed by atoms with E-state index >= 15 is 0 Å². The molecule has 2 aromatic heterocycles. The molecule has 1 amide bonds. The molecule has 0 unspecified atom stereocenters. The van der Waals surface area contributed by atoms with E-state index in [1.165, 1.54) is 17.2 Å². The SMILES string of the molecule is O=C(Cn1ccnn1)NCCCc1ncn[nH]1. The summed E-state index contributed by atoms with van der Waals surface area (Å²) >= 11 is 0. The second kappa shape index (κ2) is 5.73. The van der Waals surface area contributed by atoms with Gasteiger partial charge in [-0.3, -0.25) is 9.89 Å². The number of H-pyrrole nitrogens is 1. The summed E-state index contributed by atoms with van der Waals surface area (Å²) in [6.07, 6.45) is 6.24. The lowest BCUT2D eigenvalue weighted by Crippen LogP contribution is -2.28. The summed E-state index contributed by atoms with van der Waals surface area (Å²) in [5.41, 5.74) is 0. The molecule has 0 aliphatic heterocycles. The Morgan fingerprint density at radius 1 is 1.53 bits per heavy atom. The highest BCUT2D eigenvalue weighted by molar-refractivity contribution is 5.75. The van der Waals surface area contributed by atoms with E-state index in [9.17, 15) is 4.79 Å². The fourth-order valence-electron chi connectivity index (χ4n) is 1.35. The van der Waals surface area contributed by atoms with Crippen LogP contribution in [-0.2, 0) is 17.8 Å². The molecule has 2 heterocycles. The van der Waals surface area contributed by atoms with Gasteiger partial charge >= 0.3 is 0 Å². The van der Waals surface area contributed by atoms with Crippen molar-refractivity contribution in [3.05, 3.63) is 24.5 Å². The largest absolute Gasteiger partial charge is 0.354 e. The average molecular weight is 235 g/mol. The molecule has 0 atom stereocenters. The van der Waals surface area contributed by atoms with Crippen LogP contribution in [0, 0.1) is 0 Å². The van der Waals surface area contributed by atoms with Crippen LogP contribution in [0.4, 0.5) is 0 Å². The van der Waals surface area contributed by atoms with Gasteiger partial charge in [-0.25, -0.2) is 9.67 Å². The number of aryl methyl sites for hydroxylation is 1. The van der Waals surface area contributed by atoms with Gasteiger partial charge in [0.1, 0.15) is 18.7 Å². The molecule has 8 heteroatoms. The number of carbonyl (C=O) groups excluding carboxylic acids is 1. The fourth-order valence-corrected chi connectivity index (χ4v) is 1.35. The number of hydrogen-bond donors (Lipinski definition) is 2. The molecule has 0 spiro atoms. The number of rotatable bonds is 6. The van der Waals surface area contributed by atoms with Gasteiger partial charge in [0, 0.05) is 19.2 Å². The smallest absolute Gasteiger partial charge is 0.241 e.